The molecule has 0 bridgehead atoms. The van der Waals surface area contributed by atoms with E-state index in [1.807, 2.05) is 48.7 Å². The van der Waals surface area contributed by atoms with Gasteiger partial charge in [-0.1, -0.05) is 56.3 Å². The molecule has 3 aromatic rings. The summed E-state index contributed by atoms with van der Waals surface area (Å²) in [6.45, 7) is 9.23. The first-order valence-corrected chi connectivity index (χ1v) is 12.3. The fraction of sp³-hybridized carbons (Fsp3) is 0.370. The van der Waals surface area contributed by atoms with Gasteiger partial charge in [0.25, 0.3) is 6.01 Å². The van der Waals surface area contributed by atoms with Gasteiger partial charge in [0.15, 0.2) is 0 Å². The van der Waals surface area contributed by atoms with Crippen molar-refractivity contribution in [3.05, 3.63) is 71.0 Å². The van der Waals surface area contributed by atoms with Gasteiger partial charge in [0.1, 0.15) is 0 Å². The number of ether oxygens (including phenoxy) is 1. The maximum absolute atomic E-state index is 12.5. The maximum atomic E-state index is 12.5. The van der Waals surface area contributed by atoms with Crippen LogP contribution in [0.3, 0.4) is 0 Å². The lowest BCUT2D eigenvalue weighted by molar-refractivity contribution is -0.121. The van der Waals surface area contributed by atoms with Gasteiger partial charge in [0, 0.05) is 0 Å². The maximum Gasteiger partial charge on any atom is 0.336 e. The second-order valence-corrected chi connectivity index (χ2v) is 9.48. The molecule has 7 nitrogen and oxygen atoms in total. The van der Waals surface area contributed by atoms with Gasteiger partial charge in [-0.25, -0.2) is 9.78 Å². The molecule has 1 amide bonds. The largest absolute Gasteiger partial charge is 0.478 e. The molecule has 0 spiro atoms. The number of hydrogen-bond acceptors (Lipinski definition) is 5. The number of amides is 1. The molecule has 1 atom stereocenters. The van der Waals surface area contributed by atoms with Gasteiger partial charge in [-0.3, -0.25) is 9.36 Å². The second-order valence-electron chi connectivity index (χ2n) is 8.86. The second kappa shape index (κ2) is 11.9. The van der Waals surface area contributed by atoms with Gasteiger partial charge < -0.3 is 15.2 Å². The van der Waals surface area contributed by atoms with E-state index in [-0.39, 0.29) is 16.7 Å². The number of carbonyl (C=O) groups excluding carboxylic acids is 1. The molecule has 186 valence electrons. The number of carboxylic acid groups (broad SMARTS) is 1. The predicted octanol–water partition coefficient (Wildman–Crippen LogP) is 4.96. The van der Waals surface area contributed by atoms with Gasteiger partial charge >= 0.3 is 5.97 Å². The third-order valence-electron chi connectivity index (χ3n) is 5.70. The van der Waals surface area contributed by atoms with Crippen molar-refractivity contribution in [3.8, 4) is 17.1 Å². The molecule has 0 radical (unpaired) electrons. The van der Waals surface area contributed by atoms with E-state index in [2.05, 4.69) is 36.8 Å². The molecular weight excluding hydrogens is 462 g/mol. The van der Waals surface area contributed by atoms with E-state index in [1.165, 1.54) is 0 Å². The van der Waals surface area contributed by atoms with E-state index in [4.69, 9.17) is 4.74 Å². The van der Waals surface area contributed by atoms with Crippen LogP contribution in [0, 0.1) is 12.8 Å². The van der Waals surface area contributed by atoms with E-state index in [0.29, 0.717) is 43.6 Å². The molecule has 0 unspecified atom stereocenters. The fourth-order valence-electron chi connectivity index (χ4n) is 3.94. The number of rotatable bonds is 11. The minimum Gasteiger partial charge on any atom is -0.478 e. The van der Waals surface area contributed by atoms with Crippen molar-refractivity contribution in [3.63, 3.8) is 0 Å². The molecule has 0 fully saturated rings. The van der Waals surface area contributed by atoms with Gasteiger partial charge in [0.2, 0.25) is 5.91 Å². The Morgan fingerprint density at radius 1 is 1.14 bits per heavy atom. The number of aromatic nitrogens is 2. The molecule has 0 aliphatic heterocycles. The Morgan fingerprint density at radius 2 is 1.83 bits per heavy atom. The van der Waals surface area contributed by atoms with Gasteiger partial charge in [-0.15, -0.1) is 0 Å². The smallest absolute Gasteiger partial charge is 0.336 e. The average molecular weight is 496 g/mol. The SMILES string of the molecule is CCOc1nc(C)c(CNC(=O)[C@@H](S)CC(C)C)n1Cc1ccc(-c2ccccc2C(=O)O)cc1. The molecule has 2 aromatic carbocycles. The van der Waals surface area contributed by atoms with Gasteiger partial charge in [0.05, 0.1) is 41.9 Å². The molecule has 0 saturated carbocycles. The van der Waals surface area contributed by atoms with Crippen LogP contribution < -0.4 is 10.1 Å². The Labute approximate surface area is 211 Å². The Bertz CT molecular complexity index is 1170. The molecule has 0 aliphatic rings. The standard InChI is InChI=1S/C27H33N3O4S/c1-5-34-27-29-18(4)23(15-28-25(31)24(35)14-17(2)3)30(27)16-19-10-12-20(13-11-19)21-8-6-7-9-22(21)26(32)33/h6-13,17,24,35H,5,14-16H2,1-4H3,(H,28,31)(H,32,33)/t24-/m0/s1. The number of aryl methyl sites for hydroxylation is 1. The molecule has 2 N–H and O–H groups in total. The fourth-order valence-corrected chi connectivity index (χ4v) is 4.45. The minimum absolute atomic E-state index is 0.103. The Hall–Kier alpha value is -3.26. The lowest BCUT2D eigenvalue weighted by atomic mass is 9.99. The third kappa shape index (κ3) is 6.66. The number of benzene rings is 2. The summed E-state index contributed by atoms with van der Waals surface area (Å²) in [5.41, 5.74) is 4.43. The first kappa shape index (κ1) is 26.3. The Balaban J connectivity index is 1.83. The normalized spacial score (nSPS) is 11.9. The lowest BCUT2D eigenvalue weighted by Crippen LogP contribution is -2.32. The van der Waals surface area contributed by atoms with E-state index in [1.54, 1.807) is 18.2 Å². The van der Waals surface area contributed by atoms with Crippen LogP contribution in [0.25, 0.3) is 11.1 Å². The zero-order chi connectivity index (χ0) is 25.5. The molecule has 1 aromatic heterocycles. The summed E-state index contributed by atoms with van der Waals surface area (Å²) < 4.78 is 7.74. The first-order chi connectivity index (χ1) is 16.7. The zero-order valence-electron chi connectivity index (χ0n) is 20.6. The molecule has 0 aliphatic carbocycles. The van der Waals surface area contributed by atoms with Crippen molar-refractivity contribution >= 4 is 24.5 Å². The monoisotopic (exact) mass is 495 g/mol. The van der Waals surface area contributed by atoms with Gasteiger partial charge in [-0.05, 0) is 48.9 Å². The third-order valence-corrected chi connectivity index (χ3v) is 6.15. The molecular formula is C27H33N3O4S. The predicted molar refractivity (Wildman–Crippen MR) is 140 cm³/mol. The number of nitrogens with one attached hydrogen (secondary N) is 1. The number of nitrogens with zero attached hydrogens (tertiary/aromatic N) is 2. The van der Waals surface area contributed by atoms with Crippen LogP contribution in [-0.2, 0) is 17.9 Å². The summed E-state index contributed by atoms with van der Waals surface area (Å²) in [4.78, 5) is 28.7. The van der Waals surface area contributed by atoms with Crippen LogP contribution in [0.15, 0.2) is 48.5 Å². The summed E-state index contributed by atoms with van der Waals surface area (Å²) in [6, 6.07) is 15.2. The van der Waals surface area contributed by atoms with Crippen LogP contribution in [0.5, 0.6) is 6.01 Å². The summed E-state index contributed by atoms with van der Waals surface area (Å²) in [5, 5.41) is 12.1. The van der Waals surface area contributed by atoms with Crippen LogP contribution in [0.2, 0.25) is 0 Å². The highest BCUT2D eigenvalue weighted by Crippen LogP contribution is 2.26. The number of aromatic carboxylic acids is 1. The van der Waals surface area contributed by atoms with Crippen LogP contribution >= 0.6 is 12.6 Å². The first-order valence-electron chi connectivity index (χ1n) is 11.8. The quantitative estimate of drug-likeness (QED) is 0.327. The van der Waals surface area contributed by atoms with E-state index < -0.39 is 5.97 Å². The van der Waals surface area contributed by atoms with Crippen molar-refractivity contribution in [1.82, 2.24) is 14.9 Å². The van der Waals surface area contributed by atoms with E-state index in [9.17, 15) is 14.7 Å². The number of thiol groups is 1. The zero-order valence-corrected chi connectivity index (χ0v) is 21.5. The number of carboxylic acids is 1. The minimum atomic E-state index is -0.955. The van der Waals surface area contributed by atoms with Crippen molar-refractivity contribution in [2.45, 2.75) is 52.5 Å². The summed E-state index contributed by atoms with van der Waals surface area (Å²) in [6.07, 6.45) is 0.703. The van der Waals surface area contributed by atoms with Gasteiger partial charge in [-0.2, -0.15) is 12.6 Å². The topological polar surface area (TPSA) is 93.5 Å². The van der Waals surface area contributed by atoms with Crippen LogP contribution in [-0.4, -0.2) is 38.4 Å². The highest BCUT2D eigenvalue weighted by molar-refractivity contribution is 7.81. The summed E-state index contributed by atoms with van der Waals surface area (Å²) in [7, 11) is 0. The van der Waals surface area contributed by atoms with Crippen molar-refractivity contribution < 1.29 is 19.4 Å². The number of imidazole rings is 1. The van der Waals surface area contributed by atoms with E-state index in [0.717, 1.165) is 22.5 Å². The Kier molecular flexibility index (Phi) is 8.98. The lowest BCUT2D eigenvalue weighted by Gasteiger charge is -2.16. The van der Waals surface area contributed by atoms with Crippen LogP contribution in [0.4, 0.5) is 0 Å². The molecule has 3 rings (SSSR count). The molecule has 1 heterocycles. The Morgan fingerprint density at radius 3 is 2.46 bits per heavy atom. The van der Waals surface area contributed by atoms with Crippen LogP contribution in [0.1, 0.15) is 54.5 Å². The van der Waals surface area contributed by atoms with E-state index >= 15 is 0 Å². The average Bonchev–Trinajstić information content (AvgIpc) is 3.11. The number of carbonyl (C=O) groups is 2. The molecule has 35 heavy (non-hydrogen) atoms. The number of hydrogen-bond donors (Lipinski definition) is 3. The van der Waals surface area contributed by atoms with Crippen molar-refractivity contribution in [2.75, 3.05) is 6.61 Å². The van der Waals surface area contributed by atoms with Crippen molar-refractivity contribution in [2.24, 2.45) is 5.92 Å². The van der Waals surface area contributed by atoms with Crippen molar-refractivity contribution in [1.29, 1.82) is 0 Å². The highest BCUT2D eigenvalue weighted by Gasteiger charge is 2.20. The summed E-state index contributed by atoms with van der Waals surface area (Å²) >= 11 is 4.44. The highest BCUT2D eigenvalue weighted by atomic mass is 32.1. The molecule has 0 saturated heterocycles. The molecule has 8 heteroatoms. The summed E-state index contributed by atoms with van der Waals surface area (Å²) in [5.74, 6) is -0.678.